The Morgan fingerprint density at radius 2 is 1.96 bits per heavy atom. The average Bonchev–Trinajstić information content (AvgIpc) is 3.31. The van der Waals surface area contributed by atoms with Gasteiger partial charge in [-0.05, 0) is 25.7 Å². The summed E-state index contributed by atoms with van der Waals surface area (Å²) < 4.78 is 5.74. The molecule has 1 aliphatic carbocycles. The largest absolute Gasteiger partial charge is 0.365 e. The Labute approximate surface area is 149 Å². The molecule has 1 aliphatic heterocycles. The van der Waals surface area contributed by atoms with Crippen LogP contribution in [0.4, 0.5) is 10.8 Å². The highest BCUT2D eigenvalue weighted by atomic mass is 35.5. The van der Waals surface area contributed by atoms with Crippen LogP contribution in [-0.2, 0) is 6.54 Å². The Hall–Kier alpha value is -1.67. The van der Waals surface area contributed by atoms with E-state index in [1.54, 1.807) is 6.20 Å². The second kappa shape index (κ2) is 6.33. The quantitative estimate of drug-likeness (QED) is 0.821. The smallest absolute Gasteiger partial charge is 0.287 e. The van der Waals surface area contributed by atoms with Gasteiger partial charge in [-0.3, -0.25) is 4.79 Å². The van der Waals surface area contributed by atoms with Crippen LogP contribution in [0.15, 0.2) is 11.0 Å². The number of aromatic nitrogens is 4. The Morgan fingerprint density at radius 3 is 2.58 bits per heavy atom. The molecule has 24 heavy (non-hydrogen) atoms. The minimum atomic E-state index is -0.178. The standard InChI is InChI=1S/C15H19ClN6OS/c1-10-18-15(24-19-10)21-6-4-20(5-7-21)12-8-17-22(9-11-2-3-11)14(23)13(12)16/h8,11H,2-7,9H2,1H3. The lowest BCUT2D eigenvalue weighted by atomic mass is 10.3. The highest BCUT2D eigenvalue weighted by Crippen LogP contribution is 2.30. The first kappa shape index (κ1) is 15.8. The third-order valence-corrected chi connectivity index (χ3v) is 5.73. The van der Waals surface area contributed by atoms with E-state index >= 15 is 0 Å². The second-order valence-electron chi connectivity index (χ2n) is 6.37. The van der Waals surface area contributed by atoms with E-state index in [-0.39, 0.29) is 10.6 Å². The van der Waals surface area contributed by atoms with E-state index in [1.807, 2.05) is 6.92 Å². The van der Waals surface area contributed by atoms with Crippen LogP contribution < -0.4 is 15.4 Å². The van der Waals surface area contributed by atoms with Crippen molar-refractivity contribution < 1.29 is 0 Å². The lowest BCUT2D eigenvalue weighted by Gasteiger charge is -2.35. The molecule has 0 aromatic carbocycles. The number of piperazine rings is 1. The summed E-state index contributed by atoms with van der Waals surface area (Å²) in [7, 11) is 0. The van der Waals surface area contributed by atoms with Gasteiger partial charge >= 0.3 is 0 Å². The molecular weight excluding hydrogens is 348 g/mol. The zero-order valence-electron chi connectivity index (χ0n) is 13.5. The zero-order chi connectivity index (χ0) is 16.7. The molecule has 0 unspecified atom stereocenters. The Morgan fingerprint density at radius 1 is 1.25 bits per heavy atom. The van der Waals surface area contributed by atoms with E-state index in [2.05, 4.69) is 24.3 Å². The number of hydrogen-bond acceptors (Lipinski definition) is 7. The molecule has 0 atom stereocenters. The summed E-state index contributed by atoms with van der Waals surface area (Å²) in [5.74, 6) is 1.40. The molecule has 128 valence electrons. The van der Waals surface area contributed by atoms with Crippen LogP contribution in [0.5, 0.6) is 0 Å². The zero-order valence-corrected chi connectivity index (χ0v) is 15.1. The van der Waals surface area contributed by atoms with Crippen molar-refractivity contribution in [1.82, 2.24) is 19.1 Å². The summed E-state index contributed by atoms with van der Waals surface area (Å²) in [6, 6.07) is 0. The maximum Gasteiger partial charge on any atom is 0.287 e. The average molecular weight is 367 g/mol. The summed E-state index contributed by atoms with van der Waals surface area (Å²) in [4.78, 5) is 21.2. The number of rotatable bonds is 4. The van der Waals surface area contributed by atoms with Gasteiger partial charge in [-0.25, -0.2) is 9.67 Å². The van der Waals surface area contributed by atoms with Gasteiger partial charge in [0, 0.05) is 44.3 Å². The molecule has 0 N–H and O–H groups in total. The van der Waals surface area contributed by atoms with Crippen molar-refractivity contribution in [3.63, 3.8) is 0 Å². The predicted molar refractivity (Wildman–Crippen MR) is 95.3 cm³/mol. The Kier molecular flexibility index (Phi) is 4.17. The molecule has 2 fully saturated rings. The normalized spacial score (nSPS) is 18.2. The first-order valence-corrected chi connectivity index (χ1v) is 9.33. The molecule has 1 saturated carbocycles. The van der Waals surface area contributed by atoms with E-state index in [4.69, 9.17) is 11.6 Å². The maximum atomic E-state index is 12.4. The fourth-order valence-corrected chi connectivity index (χ4v) is 3.90. The number of hydrogen-bond donors (Lipinski definition) is 0. The van der Waals surface area contributed by atoms with Crippen LogP contribution in [0.2, 0.25) is 5.02 Å². The van der Waals surface area contributed by atoms with Crippen LogP contribution in [0, 0.1) is 12.8 Å². The first-order chi connectivity index (χ1) is 11.6. The Bertz CT molecular complexity index is 794. The van der Waals surface area contributed by atoms with Crippen molar-refractivity contribution in [2.45, 2.75) is 26.3 Å². The van der Waals surface area contributed by atoms with Crippen molar-refractivity contribution in [2.75, 3.05) is 36.0 Å². The highest BCUT2D eigenvalue weighted by Gasteiger charge is 2.26. The van der Waals surface area contributed by atoms with Gasteiger partial charge in [0.1, 0.15) is 10.8 Å². The van der Waals surface area contributed by atoms with Gasteiger partial charge in [-0.1, -0.05) is 11.6 Å². The van der Waals surface area contributed by atoms with Gasteiger partial charge in [-0.2, -0.15) is 9.47 Å². The maximum absolute atomic E-state index is 12.4. The molecule has 2 aliphatic rings. The molecule has 0 radical (unpaired) electrons. The molecule has 0 spiro atoms. The summed E-state index contributed by atoms with van der Waals surface area (Å²) in [6.07, 6.45) is 4.10. The number of nitrogens with zero attached hydrogens (tertiary/aromatic N) is 6. The first-order valence-electron chi connectivity index (χ1n) is 8.17. The van der Waals surface area contributed by atoms with E-state index in [1.165, 1.54) is 29.1 Å². The molecule has 2 aromatic rings. The molecular formula is C15H19ClN6OS. The van der Waals surface area contributed by atoms with Crippen LogP contribution in [0.25, 0.3) is 0 Å². The van der Waals surface area contributed by atoms with E-state index in [9.17, 15) is 4.79 Å². The van der Waals surface area contributed by atoms with Gasteiger partial charge in [0.25, 0.3) is 5.56 Å². The van der Waals surface area contributed by atoms with Crippen molar-refractivity contribution in [1.29, 1.82) is 0 Å². The van der Waals surface area contributed by atoms with Crippen LogP contribution in [0.1, 0.15) is 18.7 Å². The predicted octanol–water partition coefficient (Wildman–Crippen LogP) is 1.79. The minimum absolute atomic E-state index is 0.178. The molecule has 1 saturated heterocycles. The highest BCUT2D eigenvalue weighted by molar-refractivity contribution is 7.09. The summed E-state index contributed by atoms with van der Waals surface area (Å²) in [6.45, 7) is 5.81. The molecule has 7 nitrogen and oxygen atoms in total. The van der Waals surface area contributed by atoms with Gasteiger partial charge in [0.05, 0.1) is 11.9 Å². The van der Waals surface area contributed by atoms with Crippen molar-refractivity contribution in [3.8, 4) is 0 Å². The lowest BCUT2D eigenvalue weighted by Crippen LogP contribution is -2.47. The van der Waals surface area contributed by atoms with Gasteiger partial charge in [0.2, 0.25) is 5.13 Å². The summed E-state index contributed by atoms with van der Waals surface area (Å²) in [5, 5.41) is 5.56. The monoisotopic (exact) mass is 366 g/mol. The van der Waals surface area contributed by atoms with E-state index < -0.39 is 0 Å². The molecule has 4 rings (SSSR count). The number of halogens is 1. The SMILES string of the molecule is Cc1nsc(N2CCN(c3cnn(CC4CC4)c(=O)c3Cl)CC2)n1. The van der Waals surface area contributed by atoms with Crippen molar-refractivity contribution in [3.05, 3.63) is 27.4 Å². The van der Waals surface area contributed by atoms with Crippen LogP contribution >= 0.6 is 23.1 Å². The van der Waals surface area contributed by atoms with E-state index in [0.29, 0.717) is 12.5 Å². The van der Waals surface area contributed by atoms with Gasteiger partial charge in [-0.15, -0.1) is 0 Å². The third kappa shape index (κ3) is 3.12. The van der Waals surface area contributed by atoms with Crippen LogP contribution in [-0.4, -0.2) is 45.3 Å². The topological polar surface area (TPSA) is 67.2 Å². The van der Waals surface area contributed by atoms with Crippen LogP contribution in [0.3, 0.4) is 0 Å². The van der Waals surface area contributed by atoms with Gasteiger partial charge < -0.3 is 9.80 Å². The fourth-order valence-electron chi connectivity index (χ4n) is 2.91. The van der Waals surface area contributed by atoms with Gasteiger partial charge in [0.15, 0.2) is 0 Å². The Balaban J connectivity index is 1.47. The lowest BCUT2D eigenvalue weighted by molar-refractivity contribution is 0.532. The minimum Gasteiger partial charge on any atom is -0.365 e. The second-order valence-corrected chi connectivity index (χ2v) is 7.48. The van der Waals surface area contributed by atoms with Crippen molar-refractivity contribution in [2.24, 2.45) is 5.92 Å². The molecule has 0 amide bonds. The third-order valence-electron chi connectivity index (χ3n) is 4.50. The molecule has 0 bridgehead atoms. The number of aryl methyl sites for hydroxylation is 1. The van der Waals surface area contributed by atoms with Crippen molar-refractivity contribution >= 4 is 34.0 Å². The summed E-state index contributed by atoms with van der Waals surface area (Å²) in [5.41, 5.74) is 0.560. The fraction of sp³-hybridized carbons (Fsp3) is 0.600. The summed E-state index contributed by atoms with van der Waals surface area (Å²) >= 11 is 7.77. The number of anilines is 2. The molecule has 9 heteroatoms. The molecule has 3 heterocycles. The molecule has 2 aromatic heterocycles. The van der Waals surface area contributed by atoms with E-state index in [0.717, 1.165) is 42.8 Å².